The summed E-state index contributed by atoms with van der Waals surface area (Å²) in [5.74, 6) is 0. The van der Waals surface area contributed by atoms with Crippen molar-refractivity contribution in [1.29, 1.82) is 0 Å². The van der Waals surface area contributed by atoms with Crippen LogP contribution in [-0.4, -0.2) is 24.1 Å². The molecule has 56 heavy (non-hydrogen) atoms. The predicted molar refractivity (Wildman–Crippen MR) is 256 cm³/mol. The van der Waals surface area contributed by atoms with Gasteiger partial charge in [-0.25, -0.2) is 0 Å². The van der Waals surface area contributed by atoms with Gasteiger partial charge in [0.05, 0.1) is 19.6 Å². The molecule has 0 bridgehead atoms. The quantitative estimate of drug-likeness (QED) is 0.0352. The number of quaternary nitrogens is 1. The van der Waals surface area contributed by atoms with Gasteiger partial charge in [-0.05, 0) is 96.3 Å². The van der Waals surface area contributed by atoms with E-state index in [1.165, 1.54) is 262 Å². The molecular formula is C55H100N+. The Morgan fingerprint density at radius 3 is 0.839 bits per heavy atom. The minimum atomic E-state index is 1.24. The zero-order valence-corrected chi connectivity index (χ0v) is 38.6. The van der Waals surface area contributed by atoms with Crippen molar-refractivity contribution in [3.05, 3.63) is 72.4 Å². The van der Waals surface area contributed by atoms with E-state index < -0.39 is 0 Å². The van der Waals surface area contributed by atoms with Gasteiger partial charge in [-0.15, -0.1) is 0 Å². The molecule has 0 spiro atoms. The molecule has 0 fully saturated rings. The van der Waals surface area contributed by atoms with Crippen molar-refractivity contribution in [2.24, 2.45) is 0 Å². The van der Waals surface area contributed by atoms with Crippen molar-refractivity contribution in [2.45, 2.75) is 258 Å². The molecule has 1 heteroatoms. The lowest BCUT2D eigenvalue weighted by molar-refractivity contribution is -0.941. The first kappa shape index (κ1) is 52.4. The Morgan fingerprint density at radius 1 is 0.304 bits per heavy atom. The lowest BCUT2D eigenvalue weighted by Crippen LogP contribution is -2.49. The molecule has 0 saturated heterocycles. The smallest absolute Gasteiger partial charge is 0.104 e. The van der Waals surface area contributed by atoms with E-state index in [1.54, 1.807) is 5.56 Å². The molecule has 0 aliphatic heterocycles. The van der Waals surface area contributed by atoms with Gasteiger partial charge in [-0.3, -0.25) is 0 Å². The summed E-state index contributed by atoms with van der Waals surface area (Å²) in [7, 11) is 0. The van der Waals surface area contributed by atoms with E-state index in [1.807, 2.05) is 0 Å². The molecule has 0 aliphatic rings. The van der Waals surface area contributed by atoms with E-state index in [0.29, 0.717) is 0 Å². The third-order valence-corrected chi connectivity index (χ3v) is 12.3. The molecule has 0 N–H and O–H groups in total. The van der Waals surface area contributed by atoms with Gasteiger partial charge < -0.3 is 4.48 Å². The number of hydrogen-bond acceptors (Lipinski definition) is 0. The van der Waals surface area contributed by atoms with Gasteiger partial charge in [0.15, 0.2) is 0 Å². The van der Waals surface area contributed by atoms with Crippen LogP contribution in [0, 0.1) is 0 Å². The third-order valence-electron chi connectivity index (χ3n) is 12.3. The number of allylic oxidation sites excluding steroid dienone is 6. The molecular weight excluding hydrogens is 675 g/mol. The molecule has 0 atom stereocenters. The Bertz CT molecular complexity index is 879. The van der Waals surface area contributed by atoms with Crippen molar-refractivity contribution in [1.82, 2.24) is 0 Å². The van der Waals surface area contributed by atoms with Crippen LogP contribution in [0.15, 0.2) is 66.8 Å². The summed E-state index contributed by atoms with van der Waals surface area (Å²) in [5.41, 5.74) is 1.56. The highest BCUT2D eigenvalue weighted by Gasteiger charge is 2.26. The minimum Gasteiger partial charge on any atom is -0.320 e. The maximum Gasteiger partial charge on any atom is 0.104 e. The number of unbranched alkanes of at least 4 members (excludes halogenated alkanes) is 30. The van der Waals surface area contributed by atoms with Gasteiger partial charge in [0.1, 0.15) is 6.54 Å². The molecule has 1 aromatic rings. The van der Waals surface area contributed by atoms with Gasteiger partial charge in [0, 0.05) is 5.56 Å². The number of hydrogen-bond donors (Lipinski definition) is 0. The first-order chi connectivity index (χ1) is 27.8. The van der Waals surface area contributed by atoms with Crippen molar-refractivity contribution >= 4 is 0 Å². The van der Waals surface area contributed by atoms with Crippen LogP contribution in [0.25, 0.3) is 0 Å². The Morgan fingerprint density at radius 2 is 0.554 bits per heavy atom. The molecule has 324 valence electrons. The van der Waals surface area contributed by atoms with Crippen LogP contribution in [0.4, 0.5) is 0 Å². The number of rotatable bonds is 44. The Hall–Kier alpha value is -1.60. The zero-order valence-electron chi connectivity index (χ0n) is 38.6. The van der Waals surface area contributed by atoms with Gasteiger partial charge in [-0.2, -0.15) is 0 Å². The highest BCUT2D eigenvalue weighted by atomic mass is 15.3. The lowest BCUT2D eigenvalue weighted by Gasteiger charge is -2.39. The predicted octanol–water partition coefficient (Wildman–Crippen LogP) is 18.8. The van der Waals surface area contributed by atoms with Gasteiger partial charge in [0.2, 0.25) is 0 Å². The minimum absolute atomic E-state index is 1.24. The van der Waals surface area contributed by atoms with Crippen molar-refractivity contribution in [3.8, 4) is 0 Å². The first-order valence-electron chi connectivity index (χ1n) is 25.6. The molecule has 0 aliphatic carbocycles. The molecule has 0 aromatic heterocycles. The van der Waals surface area contributed by atoms with Gasteiger partial charge >= 0.3 is 0 Å². The maximum absolute atomic E-state index is 2.43. The van der Waals surface area contributed by atoms with Crippen molar-refractivity contribution in [3.63, 3.8) is 0 Å². The van der Waals surface area contributed by atoms with E-state index in [-0.39, 0.29) is 0 Å². The summed E-state index contributed by atoms with van der Waals surface area (Å²) >= 11 is 0. The van der Waals surface area contributed by atoms with Gasteiger partial charge in [-0.1, -0.05) is 222 Å². The van der Waals surface area contributed by atoms with Crippen LogP contribution in [0.1, 0.15) is 257 Å². The third kappa shape index (κ3) is 35.6. The van der Waals surface area contributed by atoms with Crippen LogP contribution in [0.5, 0.6) is 0 Å². The van der Waals surface area contributed by atoms with E-state index in [4.69, 9.17) is 0 Å². The van der Waals surface area contributed by atoms with Crippen LogP contribution >= 0.6 is 0 Å². The van der Waals surface area contributed by atoms with E-state index >= 15 is 0 Å². The van der Waals surface area contributed by atoms with E-state index in [2.05, 4.69) is 87.6 Å². The fraction of sp³-hybridized carbons (Fsp3) is 0.782. The van der Waals surface area contributed by atoms with Crippen molar-refractivity contribution < 1.29 is 4.48 Å². The Balaban J connectivity index is 2.53. The van der Waals surface area contributed by atoms with Crippen LogP contribution in [-0.2, 0) is 6.54 Å². The van der Waals surface area contributed by atoms with Crippen molar-refractivity contribution in [2.75, 3.05) is 19.6 Å². The summed E-state index contributed by atoms with van der Waals surface area (Å²) in [4.78, 5) is 0. The standard InChI is InChI=1S/C55H100N/c1-4-7-10-13-16-19-22-25-28-31-34-37-40-46-51-56(54-55-49-44-43-45-50-55,52-47-41-38-35-32-29-26-23-20-17-14-11-8-5-2)53-48-42-39-36-33-30-27-24-21-18-15-12-9-6-3/h13-18,43-45,49-50H,4-12,19-42,46-48,51-54H2,1-3H3/q+1/b16-13+,17-14+,18-15+. The topological polar surface area (TPSA) is 0 Å². The first-order valence-corrected chi connectivity index (χ1v) is 25.6. The molecule has 1 aromatic carbocycles. The largest absolute Gasteiger partial charge is 0.320 e. The zero-order chi connectivity index (χ0) is 40.1. The van der Waals surface area contributed by atoms with E-state index in [9.17, 15) is 0 Å². The molecule has 0 amide bonds. The number of nitrogens with zero attached hydrogens (tertiary/aromatic N) is 1. The summed E-state index contributed by atoms with van der Waals surface area (Å²) in [6.45, 7) is 12.3. The van der Waals surface area contributed by atoms with Crippen LogP contribution in [0.2, 0.25) is 0 Å². The monoisotopic (exact) mass is 775 g/mol. The van der Waals surface area contributed by atoms with Crippen LogP contribution in [0.3, 0.4) is 0 Å². The summed E-state index contributed by atoms with van der Waals surface area (Å²) in [5, 5.41) is 0. The Labute approximate surface area is 353 Å². The molecule has 0 radical (unpaired) electrons. The molecule has 1 nitrogen and oxygen atoms in total. The summed E-state index contributed by atoms with van der Waals surface area (Å²) < 4.78 is 1.34. The van der Waals surface area contributed by atoms with Gasteiger partial charge in [0.25, 0.3) is 0 Å². The fourth-order valence-electron chi connectivity index (χ4n) is 8.53. The second-order valence-electron chi connectivity index (χ2n) is 17.8. The summed E-state index contributed by atoms with van der Waals surface area (Å²) in [6.07, 6.45) is 64.4. The lowest BCUT2D eigenvalue weighted by atomic mass is 10.0. The highest BCUT2D eigenvalue weighted by molar-refractivity contribution is 5.13. The molecule has 0 heterocycles. The van der Waals surface area contributed by atoms with Crippen LogP contribution < -0.4 is 0 Å². The normalized spacial score (nSPS) is 12.3. The van der Waals surface area contributed by atoms with E-state index in [0.717, 1.165) is 0 Å². The fourth-order valence-corrected chi connectivity index (χ4v) is 8.53. The average molecular weight is 775 g/mol. The second-order valence-corrected chi connectivity index (χ2v) is 17.8. The molecule has 0 saturated carbocycles. The number of benzene rings is 1. The average Bonchev–Trinajstić information content (AvgIpc) is 3.21. The second kappa shape index (κ2) is 43.0. The highest BCUT2D eigenvalue weighted by Crippen LogP contribution is 2.23. The molecule has 1 rings (SSSR count). The maximum atomic E-state index is 2.43. The molecule has 0 unspecified atom stereocenters. The SMILES string of the molecule is CCCC/C=C/CCCCCCCCCC[N+](CCCCCCCCCC/C=C/CCCC)(CCCCCCCCCC/C=C/CCCC)Cc1ccccc1. The summed E-state index contributed by atoms with van der Waals surface area (Å²) in [6, 6.07) is 11.6. The Kier molecular flexibility index (Phi) is 40.2.